The molecule has 0 aliphatic heterocycles. The van der Waals surface area contributed by atoms with Crippen LogP contribution >= 0.6 is 0 Å². The molecular weight excluding hydrogens is 448 g/mol. The van der Waals surface area contributed by atoms with Gasteiger partial charge in [-0.1, -0.05) is 13.8 Å². The first-order valence-electron chi connectivity index (χ1n) is 11.3. The zero-order valence-electron chi connectivity index (χ0n) is 20.9. The van der Waals surface area contributed by atoms with Gasteiger partial charge in [0, 0.05) is 0 Å². The van der Waals surface area contributed by atoms with Gasteiger partial charge in [0.1, 0.15) is 23.7 Å². The second-order valence-corrected chi connectivity index (χ2v) is 9.36. The molecule has 0 aliphatic carbocycles. The largest absolute Gasteiger partial charge is 0.481 e. The number of ether oxygens (including phenoxy) is 2. The van der Waals surface area contributed by atoms with E-state index in [4.69, 9.17) is 15.6 Å². The number of amides is 3. The zero-order valence-corrected chi connectivity index (χ0v) is 20.9. The van der Waals surface area contributed by atoms with Crippen molar-refractivity contribution in [2.75, 3.05) is 13.7 Å². The molecule has 0 fully saturated rings. The molecule has 3 atom stereocenters. The molecule has 0 bridgehead atoms. The molecule has 0 heterocycles. The van der Waals surface area contributed by atoms with Crippen LogP contribution in [-0.2, 0) is 28.7 Å². The first-order valence-corrected chi connectivity index (χ1v) is 11.3. The van der Waals surface area contributed by atoms with Gasteiger partial charge in [-0.3, -0.25) is 14.4 Å². The summed E-state index contributed by atoms with van der Waals surface area (Å²) < 4.78 is 9.79. The van der Waals surface area contributed by atoms with Crippen molar-refractivity contribution in [3.05, 3.63) is 0 Å². The molecule has 0 aromatic heterocycles. The highest BCUT2D eigenvalue weighted by Crippen LogP contribution is 2.11. The van der Waals surface area contributed by atoms with Gasteiger partial charge < -0.3 is 36.3 Å². The number of unbranched alkanes of at least 4 members (excludes halogenated alkanes) is 1. The van der Waals surface area contributed by atoms with Crippen LogP contribution in [0, 0.1) is 5.92 Å². The topological polar surface area (TPSA) is 186 Å². The minimum absolute atomic E-state index is 0.0263. The summed E-state index contributed by atoms with van der Waals surface area (Å²) in [7, 11) is 1.07. The molecule has 0 aromatic rings. The van der Waals surface area contributed by atoms with Gasteiger partial charge in [0.25, 0.3) is 0 Å². The van der Waals surface area contributed by atoms with Crippen molar-refractivity contribution in [2.24, 2.45) is 11.7 Å². The van der Waals surface area contributed by atoms with Gasteiger partial charge in [-0.25, -0.2) is 9.59 Å². The average molecular weight is 489 g/mol. The summed E-state index contributed by atoms with van der Waals surface area (Å²) in [6, 6.07) is -3.48. The monoisotopic (exact) mass is 488 g/mol. The fraction of sp³-hybridized carbons (Fsp3) is 0.773. The Morgan fingerprint density at radius 3 is 1.94 bits per heavy atom. The molecule has 0 saturated heterocycles. The summed E-state index contributed by atoms with van der Waals surface area (Å²) >= 11 is 0. The SMILES string of the molecule is COC(=O)C(CC(=O)O)NC(=O)C(CC(C)C)NC(=O)C(CCCCN)NC(=O)OC(C)(C)C. The molecule has 0 spiro atoms. The molecule has 0 rings (SSSR count). The Kier molecular flexibility index (Phi) is 13.8. The third-order valence-electron chi connectivity index (χ3n) is 4.48. The van der Waals surface area contributed by atoms with Crippen molar-refractivity contribution in [1.29, 1.82) is 0 Å². The molecule has 6 N–H and O–H groups in total. The van der Waals surface area contributed by atoms with Crippen LogP contribution in [0.1, 0.15) is 66.7 Å². The maximum Gasteiger partial charge on any atom is 0.408 e. The average Bonchev–Trinajstić information content (AvgIpc) is 2.69. The number of carbonyl (C=O) groups is 5. The van der Waals surface area contributed by atoms with Crippen molar-refractivity contribution in [2.45, 2.75) is 90.4 Å². The van der Waals surface area contributed by atoms with Crippen molar-refractivity contribution in [1.82, 2.24) is 16.0 Å². The quantitative estimate of drug-likeness (QED) is 0.173. The summed E-state index contributed by atoms with van der Waals surface area (Å²) in [4.78, 5) is 61.1. The van der Waals surface area contributed by atoms with Crippen LogP contribution in [0.25, 0.3) is 0 Å². The molecule has 12 nitrogen and oxygen atoms in total. The van der Waals surface area contributed by atoms with Crippen molar-refractivity contribution in [3.63, 3.8) is 0 Å². The summed E-state index contributed by atoms with van der Waals surface area (Å²) in [6.45, 7) is 9.14. The van der Waals surface area contributed by atoms with Crippen LogP contribution in [0.15, 0.2) is 0 Å². The Bertz CT molecular complexity index is 706. The van der Waals surface area contributed by atoms with Crippen LogP contribution in [0.2, 0.25) is 0 Å². The Morgan fingerprint density at radius 2 is 1.47 bits per heavy atom. The van der Waals surface area contributed by atoms with Crippen molar-refractivity contribution >= 4 is 29.8 Å². The van der Waals surface area contributed by atoms with Crippen LogP contribution in [-0.4, -0.2) is 72.3 Å². The molecule has 0 radical (unpaired) electrons. The van der Waals surface area contributed by atoms with E-state index in [9.17, 15) is 24.0 Å². The Labute approximate surface area is 200 Å². The third kappa shape index (κ3) is 13.6. The number of hydrogen-bond acceptors (Lipinski definition) is 8. The number of aliphatic carboxylic acids is 1. The number of alkyl carbamates (subject to hydrolysis) is 1. The molecule has 0 saturated carbocycles. The predicted molar refractivity (Wildman–Crippen MR) is 124 cm³/mol. The fourth-order valence-electron chi connectivity index (χ4n) is 2.97. The van der Waals surface area contributed by atoms with E-state index >= 15 is 0 Å². The second kappa shape index (κ2) is 15.1. The van der Waals surface area contributed by atoms with Crippen molar-refractivity contribution in [3.8, 4) is 0 Å². The molecule has 196 valence electrons. The molecule has 12 heteroatoms. The van der Waals surface area contributed by atoms with E-state index in [-0.39, 0.29) is 18.8 Å². The lowest BCUT2D eigenvalue weighted by Gasteiger charge is -2.26. The first-order chi connectivity index (χ1) is 15.7. The lowest BCUT2D eigenvalue weighted by atomic mass is 10.0. The number of nitrogens with one attached hydrogen (secondary N) is 3. The summed E-state index contributed by atoms with van der Waals surface area (Å²) in [5, 5.41) is 16.5. The molecule has 0 aromatic carbocycles. The zero-order chi connectivity index (χ0) is 26.5. The third-order valence-corrected chi connectivity index (χ3v) is 4.48. The molecule has 0 aliphatic rings. The standard InChI is InChI=1S/C22H40N4O8/c1-13(2)11-15(19(30)25-16(12-17(27)28)20(31)33-6)24-18(29)14(9-7-8-10-23)26-21(32)34-22(3,4)5/h13-16H,7-12,23H2,1-6H3,(H,24,29)(H,25,30)(H,26,32)(H,27,28). The van der Waals surface area contributed by atoms with Gasteiger partial charge in [0.05, 0.1) is 13.5 Å². The highest BCUT2D eigenvalue weighted by Gasteiger charge is 2.32. The van der Waals surface area contributed by atoms with E-state index < -0.39 is 60.0 Å². The van der Waals surface area contributed by atoms with Gasteiger partial charge in [-0.05, 0) is 58.9 Å². The van der Waals surface area contributed by atoms with Crippen LogP contribution in [0.4, 0.5) is 4.79 Å². The van der Waals surface area contributed by atoms with E-state index in [1.165, 1.54) is 0 Å². The number of hydrogen-bond donors (Lipinski definition) is 5. The van der Waals surface area contributed by atoms with Gasteiger partial charge in [0.2, 0.25) is 11.8 Å². The molecule has 3 amide bonds. The number of methoxy groups -OCH3 is 1. The Hall–Kier alpha value is -2.89. The number of carboxylic acid groups (broad SMARTS) is 1. The Morgan fingerprint density at radius 1 is 0.912 bits per heavy atom. The number of nitrogens with two attached hydrogens (primary N) is 1. The number of esters is 1. The number of carbonyl (C=O) groups excluding carboxylic acids is 4. The maximum atomic E-state index is 13.0. The lowest BCUT2D eigenvalue weighted by Crippen LogP contribution is -2.56. The lowest BCUT2D eigenvalue weighted by molar-refractivity contribution is -0.149. The molecule has 34 heavy (non-hydrogen) atoms. The second-order valence-electron chi connectivity index (χ2n) is 9.36. The van der Waals surface area contributed by atoms with Crippen LogP contribution in [0.5, 0.6) is 0 Å². The van der Waals surface area contributed by atoms with Gasteiger partial charge >= 0.3 is 18.0 Å². The van der Waals surface area contributed by atoms with Crippen molar-refractivity contribution < 1.29 is 38.6 Å². The summed E-state index contributed by atoms with van der Waals surface area (Å²) in [6.07, 6.45) is 0.197. The minimum atomic E-state index is -1.41. The van der Waals surface area contributed by atoms with E-state index in [1.54, 1.807) is 20.8 Å². The van der Waals surface area contributed by atoms with E-state index in [2.05, 4.69) is 20.7 Å². The minimum Gasteiger partial charge on any atom is -0.481 e. The predicted octanol–water partition coefficient (Wildman–Crippen LogP) is 0.672. The Balaban J connectivity index is 5.55. The normalized spacial score (nSPS) is 13.9. The van der Waals surface area contributed by atoms with Crippen LogP contribution in [0.3, 0.4) is 0 Å². The smallest absolute Gasteiger partial charge is 0.408 e. The highest BCUT2D eigenvalue weighted by molar-refractivity contribution is 5.93. The number of carboxylic acids is 1. The van der Waals surface area contributed by atoms with Gasteiger partial charge in [-0.2, -0.15) is 0 Å². The number of rotatable bonds is 14. The van der Waals surface area contributed by atoms with E-state index in [1.807, 2.05) is 13.8 Å². The maximum absolute atomic E-state index is 13.0. The first kappa shape index (κ1) is 31.1. The van der Waals surface area contributed by atoms with Gasteiger partial charge in [-0.15, -0.1) is 0 Å². The fourth-order valence-corrected chi connectivity index (χ4v) is 2.97. The molecular formula is C22H40N4O8. The van der Waals surface area contributed by atoms with Gasteiger partial charge in [0.15, 0.2) is 0 Å². The highest BCUT2D eigenvalue weighted by atomic mass is 16.6. The summed E-state index contributed by atoms with van der Waals surface area (Å²) in [5.74, 6) is -3.60. The van der Waals surface area contributed by atoms with Crippen LogP contribution < -0.4 is 21.7 Å². The molecule has 3 unspecified atom stereocenters. The summed E-state index contributed by atoms with van der Waals surface area (Å²) in [5.41, 5.74) is 4.75. The van der Waals surface area contributed by atoms with E-state index in [0.29, 0.717) is 19.4 Å². The van der Waals surface area contributed by atoms with E-state index in [0.717, 1.165) is 7.11 Å².